The standard InChI is InChI=1S/C63H91N11O14/c1-42(2)48-36-45(16-17-50(48)74-51(59-52(75)13-10-14-53(59)88-6)37-49(66-74)60(84)65-63(62(86)87)46-32-43-31-44(34-46)35-47(63)33-43)61(85)69(5)22-12-20-67(3)19-11-21-68(4)55(77)15-8-7-9-18-64-54(76)38-70-23-25-71(39-56(78)79)27-29-73(41-58(82)83)30-28-72(26-24-70)40-57(80)81/h10,13-14,36-37,42-44,46-47,75H,7-9,11-12,15,18-35,38-41H2,1-6H3,(H,64,76)(H,65,84)(H,78,79)(H,80,81)(H,82,83)(H,86,87). The Balaban J connectivity index is 0.844. The summed E-state index contributed by atoms with van der Waals surface area (Å²) >= 11 is 0. The van der Waals surface area contributed by atoms with Gasteiger partial charge in [-0.05, 0) is 143 Å². The van der Waals surface area contributed by atoms with E-state index in [4.69, 9.17) is 9.84 Å². The zero-order valence-electron chi connectivity index (χ0n) is 52.0. The van der Waals surface area contributed by atoms with E-state index in [-0.39, 0.29) is 110 Å². The van der Waals surface area contributed by atoms with Crippen molar-refractivity contribution in [3.63, 3.8) is 0 Å². The second kappa shape index (κ2) is 31.7. The highest BCUT2D eigenvalue weighted by Gasteiger charge is 2.62. The number of aromatic hydroxyl groups is 1. The Hall–Kier alpha value is -7.37. The Kier molecular flexibility index (Phi) is 24.5. The molecule has 5 fully saturated rings. The number of carboxylic acids is 4. The normalized spacial score (nSPS) is 21.0. The smallest absolute Gasteiger partial charge is 0.330 e. The molecule has 25 nitrogen and oxygen atoms in total. The van der Waals surface area contributed by atoms with Gasteiger partial charge in [-0.1, -0.05) is 32.4 Å². The number of hydrogen-bond acceptors (Lipinski definition) is 16. The Morgan fingerprint density at radius 3 is 1.73 bits per heavy atom. The maximum atomic E-state index is 14.4. The maximum absolute atomic E-state index is 14.4. The van der Waals surface area contributed by atoms with Gasteiger partial charge in [0.15, 0.2) is 5.69 Å². The van der Waals surface area contributed by atoms with Crippen molar-refractivity contribution in [1.29, 1.82) is 0 Å². The Bertz CT molecular complexity index is 2870. The lowest BCUT2D eigenvalue weighted by Gasteiger charge is -2.59. The van der Waals surface area contributed by atoms with E-state index in [2.05, 4.69) is 27.7 Å². The Morgan fingerprint density at radius 2 is 1.22 bits per heavy atom. The molecule has 0 radical (unpaired) electrons. The molecular weight excluding hydrogens is 1130 g/mol. The van der Waals surface area contributed by atoms with Gasteiger partial charge in [0.1, 0.15) is 22.7 Å². The van der Waals surface area contributed by atoms with Crippen molar-refractivity contribution in [1.82, 2.24) is 54.7 Å². The SMILES string of the molecule is COc1cccc(O)c1-c1cc(C(=O)NC2(C(=O)O)C3CC4CC(C3)CC2C4)nn1-c1c#cc(C(=O)N(C)CCCN(C)CCCN(C)C(=O)CCCCCNC(=O)CN2CCN(CC(=O)O)CCN(CC(=O)O)CCN(CC(=O)O)CC2)cc1C(C)C. The molecule has 2 aromatic carbocycles. The molecule has 0 spiro atoms. The van der Waals surface area contributed by atoms with Crippen LogP contribution >= 0.6 is 0 Å². The Morgan fingerprint density at radius 1 is 0.682 bits per heavy atom. The van der Waals surface area contributed by atoms with Gasteiger partial charge in [-0.15, -0.1) is 0 Å². The van der Waals surface area contributed by atoms with Crippen molar-refractivity contribution in [2.24, 2.45) is 23.7 Å². The lowest BCUT2D eigenvalue weighted by molar-refractivity contribution is -0.163. The average Bonchev–Trinajstić information content (AvgIpc) is 0.871. The minimum atomic E-state index is -1.41. The third-order valence-electron chi connectivity index (χ3n) is 18.1. The van der Waals surface area contributed by atoms with E-state index in [9.17, 15) is 63.9 Å². The van der Waals surface area contributed by atoms with Crippen LogP contribution in [0.5, 0.6) is 11.5 Å². The highest BCUT2D eigenvalue weighted by atomic mass is 16.5. The quantitative estimate of drug-likeness (QED) is 0.0471. The summed E-state index contributed by atoms with van der Waals surface area (Å²) in [6.07, 6.45) is 7.99. The molecule has 7 N–H and O–H groups in total. The summed E-state index contributed by atoms with van der Waals surface area (Å²) in [5.74, 6) is -4.60. The number of aliphatic carboxylic acids is 4. The fourth-order valence-corrected chi connectivity index (χ4v) is 13.5. The molecule has 2 heterocycles. The molecule has 88 heavy (non-hydrogen) atoms. The number of methoxy groups -OCH3 is 1. The van der Waals surface area contributed by atoms with Crippen LogP contribution in [0.4, 0.5) is 0 Å². The van der Waals surface area contributed by atoms with Gasteiger partial charge in [-0.25, -0.2) is 9.48 Å². The Labute approximate surface area is 515 Å². The van der Waals surface area contributed by atoms with E-state index in [1.54, 1.807) is 56.8 Å². The molecule has 0 atom stereocenters. The number of carbonyl (C=O) groups excluding carboxylic acids is 4. The van der Waals surface area contributed by atoms with Crippen LogP contribution in [-0.4, -0.2) is 262 Å². The number of rotatable bonds is 30. The molecule has 4 saturated carbocycles. The number of nitrogens with one attached hydrogen (secondary N) is 2. The molecule has 482 valence electrons. The molecule has 0 unspecified atom stereocenters. The van der Waals surface area contributed by atoms with Gasteiger partial charge < -0.3 is 55.6 Å². The second-order valence-corrected chi connectivity index (χ2v) is 24.9. The summed E-state index contributed by atoms with van der Waals surface area (Å²) in [7, 11) is 7.00. The number of hydrogen-bond donors (Lipinski definition) is 7. The van der Waals surface area contributed by atoms with Crippen molar-refractivity contribution in [3.05, 3.63) is 59.3 Å². The van der Waals surface area contributed by atoms with E-state index < -0.39 is 35.3 Å². The molecule has 1 aromatic heterocycles. The minimum absolute atomic E-state index is 0.0295. The lowest BCUT2D eigenvalue weighted by atomic mass is 9.48. The number of benzene rings is 1. The summed E-state index contributed by atoms with van der Waals surface area (Å²) < 4.78 is 7.17. The molecule has 3 aromatic rings. The van der Waals surface area contributed by atoms with E-state index in [0.717, 1.165) is 51.5 Å². The van der Waals surface area contributed by atoms with Crippen LogP contribution in [0, 0.1) is 35.8 Å². The first-order valence-corrected chi connectivity index (χ1v) is 31.0. The van der Waals surface area contributed by atoms with Gasteiger partial charge >= 0.3 is 23.9 Å². The first kappa shape index (κ1) is 68.1. The number of carboxylic acid groups (broad SMARTS) is 4. The van der Waals surface area contributed by atoms with E-state index in [1.165, 1.54) is 23.9 Å². The number of ether oxygens (including phenoxy) is 1. The molecule has 4 bridgehead atoms. The fraction of sp³-hybridized carbons (Fsp3) is 0.635. The molecule has 25 heteroatoms. The lowest BCUT2D eigenvalue weighted by Crippen LogP contribution is -2.70. The summed E-state index contributed by atoms with van der Waals surface area (Å²) in [5.41, 5.74) is 0.452. The largest absolute Gasteiger partial charge is 0.507 e. The average molecular weight is 1230 g/mol. The zero-order valence-corrected chi connectivity index (χ0v) is 52.0. The van der Waals surface area contributed by atoms with Gasteiger partial charge in [0.2, 0.25) is 11.8 Å². The van der Waals surface area contributed by atoms with E-state index >= 15 is 0 Å². The number of amides is 4. The summed E-state index contributed by atoms with van der Waals surface area (Å²) in [4.78, 5) is 115. The molecular formula is C63H91N11O14. The summed E-state index contributed by atoms with van der Waals surface area (Å²) in [6, 6.07) is 14.3. The highest BCUT2D eigenvalue weighted by Crippen LogP contribution is 2.58. The summed E-state index contributed by atoms with van der Waals surface area (Å²) in [6.45, 7) is 8.52. The van der Waals surface area contributed by atoms with Gasteiger partial charge in [0, 0.05) is 92.5 Å². The topological polar surface area (TPSA) is 312 Å². The number of phenols is 1. The van der Waals surface area contributed by atoms with Crippen molar-refractivity contribution < 1.29 is 68.6 Å². The number of nitrogens with zero attached hydrogens (tertiary/aromatic N) is 9. The fourth-order valence-electron chi connectivity index (χ4n) is 13.5. The second-order valence-electron chi connectivity index (χ2n) is 24.9. The number of carbonyl (C=O) groups is 8. The van der Waals surface area contributed by atoms with Crippen molar-refractivity contribution >= 4 is 47.5 Å². The maximum Gasteiger partial charge on any atom is 0.330 e. The minimum Gasteiger partial charge on any atom is -0.507 e. The molecule has 4 aliphatic carbocycles. The van der Waals surface area contributed by atoms with Gasteiger partial charge in [-0.3, -0.25) is 53.2 Å². The number of aromatic nitrogens is 2. The molecule has 1 aliphatic heterocycles. The molecule has 1 saturated heterocycles. The third kappa shape index (κ3) is 18.1. The van der Waals surface area contributed by atoms with Crippen LogP contribution in [0.2, 0.25) is 0 Å². The van der Waals surface area contributed by atoms with Crippen LogP contribution in [-0.2, 0) is 28.8 Å². The molecule has 5 aliphatic rings. The van der Waals surface area contributed by atoms with Crippen molar-refractivity contribution in [3.8, 4) is 28.4 Å². The molecule has 8 rings (SSSR count). The highest BCUT2D eigenvalue weighted by molar-refractivity contribution is 5.98. The van der Waals surface area contributed by atoms with E-state index in [1.807, 2.05) is 25.8 Å². The molecule has 4 amide bonds. The summed E-state index contributed by atoms with van der Waals surface area (Å²) in [5, 5.41) is 61.3. The number of unbranched alkanes of at least 4 members (excludes halogenated alkanes) is 2. The van der Waals surface area contributed by atoms with Gasteiger partial charge in [0.25, 0.3) is 11.8 Å². The zero-order chi connectivity index (χ0) is 63.8. The first-order valence-electron chi connectivity index (χ1n) is 31.0. The van der Waals surface area contributed by atoms with Crippen LogP contribution < -0.4 is 15.4 Å². The van der Waals surface area contributed by atoms with Gasteiger partial charge in [0.05, 0.1) is 50.1 Å². The van der Waals surface area contributed by atoms with Crippen LogP contribution in [0.1, 0.15) is 117 Å². The number of phenolic OH excluding ortho intramolecular Hbond substituents is 1. The van der Waals surface area contributed by atoms with Gasteiger partial charge in [-0.2, -0.15) is 5.10 Å². The van der Waals surface area contributed by atoms with Crippen LogP contribution in [0.15, 0.2) is 30.3 Å². The van der Waals surface area contributed by atoms with Crippen molar-refractivity contribution in [2.75, 3.05) is 140 Å². The third-order valence-corrected chi connectivity index (χ3v) is 18.1. The first-order chi connectivity index (χ1) is 41.9. The van der Waals surface area contributed by atoms with Crippen molar-refractivity contribution in [2.45, 2.75) is 95.9 Å². The van der Waals surface area contributed by atoms with Crippen LogP contribution in [0.25, 0.3) is 16.9 Å². The monoisotopic (exact) mass is 1230 g/mol. The van der Waals surface area contributed by atoms with Crippen LogP contribution in [0.3, 0.4) is 0 Å². The predicted octanol–water partition coefficient (Wildman–Crippen LogP) is 3.38. The van der Waals surface area contributed by atoms with E-state index in [0.29, 0.717) is 113 Å². The predicted molar refractivity (Wildman–Crippen MR) is 325 cm³/mol.